The van der Waals surface area contributed by atoms with Crippen LogP contribution in [-0.2, 0) is 16.0 Å². The van der Waals surface area contributed by atoms with Gasteiger partial charge in [-0.3, -0.25) is 10.1 Å². The molecule has 1 aromatic heterocycles. The summed E-state index contributed by atoms with van der Waals surface area (Å²) >= 11 is 1.29. The second kappa shape index (κ2) is 7.86. The van der Waals surface area contributed by atoms with Gasteiger partial charge >= 0.3 is 0 Å². The number of hydrogen-bond donors (Lipinski definition) is 1. The van der Waals surface area contributed by atoms with Crippen molar-refractivity contribution >= 4 is 22.4 Å². The summed E-state index contributed by atoms with van der Waals surface area (Å²) in [5, 5.41) is 11.7. The molecule has 0 fully saturated rings. The van der Waals surface area contributed by atoms with Gasteiger partial charge in [0.15, 0.2) is 5.01 Å². The molecule has 2 aromatic rings. The Morgan fingerprint density at radius 3 is 2.68 bits per heavy atom. The third-order valence-corrected chi connectivity index (χ3v) is 3.95. The highest BCUT2D eigenvalue weighted by atomic mass is 32.1. The number of carbonyl (C=O) groups is 1. The zero-order valence-corrected chi connectivity index (χ0v) is 13.6. The van der Waals surface area contributed by atoms with Crippen LogP contribution in [0.1, 0.15) is 30.5 Å². The van der Waals surface area contributed by atoms with Gasteiger partial charge in [-0.15, -0.1) is 10.2 Å². The van der Waals surface area contributed by atoms with E-state index in [1.54, 1.807) is 0 Å². The first-order valence-corrected chi connectivity index (χ1v) is 7.81. The summed E-state index contributed by atoms with van der Waals surface area (Å²) in [5.41, 5.74) is 1.26. The van der Waals surface area contributed by atoms with Crippen LogP contribution in [-0.4, -0.2) is 29.8 Å². The van der Waals surface area contributed by atoms with Crippen LogP contribution < -0.4 is 10.1 Å². The lowest BCUT2D eigenvalue weighted by molar-refractivity contribution is -0.119. The number of aryl methyl sites for hydroxylation is 1. The number of methoxy groups -OCH3 is 1. The first-order valence-electron chi connectivity index (χ1n) is 7.00. The van der Waals surface area contributed by atoms with Gasteiger partial charge < -0.3 is 9.47 Å². The summed E-state index contributed by atoms with van der Waals surface area (Å²) in [4.78, 5) is 11.4. The second-order valence-electron chi connectivity index (χ2n) is 4.68. The van der Waals surface area contributed by atoms with Crippen molar-refractivity contribution < 1.29 is 14.3 Å². The van der Waals surface area contributed by atoms with Gasteiger partial charge in [-0.25, -0.2) is 0 Å². The largest absolute Gasteiger partial charge is 0.483 e. The lowest BCUT2D eigenvalue weighted by Crippen LogP contribution is -2.16. The SMILES string of the molecule is CCc1ccc(OC(C)c2nnc(NC(=O)COC)s2)cc1. The maximum atomic E-state index is 11.4. The topological polar surface area (TPSA) is 73.3 Å². The molecule has 0 bridgehead atoms. The van der Waals surface area contributed by atoms with Crippen LogP contribution in [0.15, 0.2) is 24.3 Å². The normalized spacial score (nSPS) is 12.0. The van der Waals surface area contributed by atoms with E-state index >= 15 is 0 Å². The maximum Gasteiger partial charge on any atom is 0.252 e. The van der Waals surface area contributed by atoms with Gasteiger partial charge in [0.1, 0.15) is 18.5 Å². The van der Waals surface area contributed by atoms with Crippen molar-refractivity contribution in [3.05, 3.63) is 34.8 Å². The fraction of sp³-hybridized carbons (Fsp3) is 0.400. The molecule has 1 amide bonds. The molecular formula is C15H19N3O3S. The van der Waals surface area contributed by atoms with Crippen molar-refractivity contribution in [2.24, 2.45) is 0 Å². The molecule has 1 N–H and O–H groups in total. The molecule has 1 aromatic carbocycles. The van der Waals surface area contributed by atoms with Crippen molar-refractivity contribution in [3.63, 3.8) is 0 Å². The third kappa shape index (κ3) is 4.51. The van der Waals surface area contributed by atoms with E-state index in [9.17, 15) is 4.79 Å². The van der Waals surface area contributed by atoms with Crippen molar-refractivity contribution in [2.75, 3.05) is 19.0 Å². The Hall–Kier alpha value is -1.99. The van der Waals surface area contributed by atoms with Crippen LogP contribution in [0, 0.1) is 0 Å². The molecule has 22 heavy (non-hydrogen) atoms. The van der Waals surface area contributed by atoms with Gasteiger partial charge in [-0.05, 0) is 31.0 Å². The van der Waals surface area contributed by atoms with Crippen molar-refractivity contribution in [3.8, 4) is 5.75 Å². The molecule has 0 radical (unpaired) electrons. The van der Waals surface area contributed by atoms with E-state index < -0.39 is 0 Å². The monoisotopic (exact) mass is 321 g/mol. The fourth-order valence-corrected chi connectivity index (χ4v) is 2.53. The van der Waals surface area contributed by atoms with Crippen molar-refractivity contribution in [1.82, 2.24) is 10.2 Å². The minimum Gasteiger partial charge on any atom is -0.483 e. The van der Waals surface area contributed by atoms with Crippen LogP contribution >= 0.6 is 11.3 Å². The lowest BCUT2D eigenvalue weighted by atomic mass is 10.2. The maximum absolute atomic E-state index is 11.4. The first-order chi connectivity index (χ1) is 10.6. The van der Waals surface area contributed by atoms with Gasteiger partial charge in [-0.2, -0.15) is 0 Å². The fourth-order valence-electron chi connectivity index (χ4n) is 1.79. The smallest absolute Gasteiger partial charge is 0.252 e. The highest BCUT2D eigenvalue weighted by Gasteiger charge is 2.15. The van der Waals surface area contributed by atoms with Gasteiger partial charge in [0.05, 0.1) is 0 Å². The molecule has 2 rings (SSSR count). The highest BCUT2D eigenvalue weighted by Crippen LogP contribution is 2.26. The molecule has 118 valence electrons. The number of amides is 1. The highest BCUT2D eigenvalue weighted by molar-refractivity contribution is 7.15. The third-order valence-electron chi connectivity index (χ3n) is 2.95. The minimum absolute atomic E-state index is 0.00918. The van der Waals surface area contributed by atoms with E-state index in [1.807, 2.05) is 31.2 Å². The number of aromatic nitrogens is 2. The Balaban J connectivity index is 1.95. The predicted molar refractivity (Wildman–Crippen MR) is 85.3 cm³/mol. The van der Waals surface area contributed by atoms with Crippen LogP contribution in [0.2, 0.25) is 0 Å². The van der Waals surface area contributed by atoms with E-state index in [1.165, 1.54) is 24.0 Å². The summed E-state index contributed by atoms with van der Waals surface area (Å²) in [7, 11) is 1.46. The first kappa shape index (κ1) is 16.4. The summed E-state index contributed by atoms with van der Waals surface area (Å²) in [6.07, 6.45) is 0.759. The van der Waals surface area contributed by atoms with Crippen LogP contribution in [0.3, 0.4) is 0 Å². The van der Waals surface area contributed by atoms with Gasteiger partial charge in [0, 0.05) is 7.11 Å². The number of nitrogens with one attached hydrogen (secondary N) is 1. The van der Waals surface area contributed by atoms with Crippen LogP contribution in [0.5, 0.6) is 5.75 Å². The molecule has 1 heterocycles. The molecule has 0 aliphatic carbocycles. The Morgan fingerprint density at radius 1 is 1.32 bits per heavy atom. The minimum atomic E-state index is -0.256. The Morgan fingerprint density at radius 2 is 2.05 bits per heavy atom. The van der Waals surface area contributed by atoms with E-state index in [0.29, 0.717) is 10.1 Å². The molecule has 6 nitrogen and oxygen atoms in total. The molecule has 0 aliphatic rings. The Labute approximate surface area is 133 Å². The van der Waals surface area contributed by atoms with Crippen LogP contribution in [0.4, 0.5) is 5.13 Å². The number of carbonyl (C=O) groups excluding carboxylic acids is 1. The molecule has 1 unspecified atom stereocenters. The van der Waals surface area contributed by atoms with E-state index in [2.05, 4.69) is 22.4 Å². The summed E-state index contributed by atoms with van der Waals surface area (Å²) < 4.78 is 10.6. The number of benzene rings is 1. The van der Waals surface area contributed by atoms with Gasteiger partial charge in [0.25, 0.3) is 5.91 Å². The van der Waals surface area contributed by atoms with Gasteiger partial charge in [-0.1, -0.05) is 30.4 Å². The second-order valence-corrected chi connectivity index (χ2v) is 5.69. The van der Waals surface area contributed by atoms with Crippen molar-refractivity contribution in [2.45, 2.75) is 26.4 Å². The van der Waals surface area contributed by atoms with Crippen molar-refractivity contribution in [1.29, 1.82) is 0 Å². The zero-order chi connectivity index (χ0) is 15.9. The molecular weight excluding hydrogens is 302 g/mol. The average molecular weight is 321 g/mol. The van der Waals surface area contributed by atoms with E-state index in [0.717, 1.165) is 12.2 Å². The summed E-state index contributed by atoms with van der Waals surface area (Å²) in [6, 6.07) is 7.96. The summed E-state index contributed by atoms with van der Waals surface area (Å²) in [6.45, 7) is 4.00. The average Bonchev–Trinajstić information content (AvgIpc) is 2.97. The molecule has 0 saturated carbocycles. The number of hydrogen-bond acceptors (Lipinski definition) is 6. The standard InChI is InChI=1S/C15H19N3O3S/c1-4-11-5-7-12(8-6-11)21-10(2)14-17-18-15(22-14)16-13(19)9-20-3/h5-8,10H,4,9H2,1-3H3,(H,16,18,19). The van der Waals surface area contributed by atoms with E-state index in [4.69, 9.17) is 9.47 Å². The molecule has 0 aliphatic heterocycles. The number of nitrogens with zero attached hydrogens (tertiary/aromatic N) is 2. The summed E-state index contributed by atoms with van der Waals surface area (Å²) in [5.74, 6) is 0.527. The number of rotatable bonds is 7. The zero-order valence-electron chi connectivity index (χ0n) is 12.8. The predicted octanol–water partition coefficient (Wildman–Crippen LogP) is 2.83. The molecule has 0 spiro atoms. The molecule has 0 saturated heterocycles. The number of ether oxygens (including phenoxy) is 2. The quantitative estimate of drug-likeness (QED) is 0.849. The van der Waals surface area contributed by atoms with E-state index in [-0.39, 0.29) is 18.6 Å². The lowest BCUT2D eigenvalue weighted by Gasteiger charge is -2.11. The Bertz CT molecular complexity index is 613. The van der Waals surface area contributed by atoms with Crippen LogP contribution in [0.25, 0.3) is 0 Å². The molecule has 7 heteroatoms. The van der Waals surface area contributed by atoms with Gasteiger partial charge in [0.2, 0.25) is 5.13 Å². The number of anilines is 1. The Kier molecular flexibility index (Phi) is 5.85. The molecule has 1 atom stereocenters.